The monoisotopic (exact) mass is 271 g/mol. The second kappa shape index (κ2) is 6.63. The Morgan fingerprint density at radius 2 is 2.17 bits per heavy atom. The van der Waals surface area contributed by atoms with Gasteiger partial charge < -0.3 is 20.7 Å². The van der Waals surface area contributed by atoms with Crippen molar-refractivity contribution in [2.24, 2.45) is 0 Å². The molecule has 1 aromatic carbocycles. The van der Waals surface area contributed by atoms with Crippen molar-refractivity contribution in [1.29, 1.82) is 0 Å². The summed E-state index contributed by atoms with van der Waals surface area (Å²) in [7, 11) is 1.52. The van der Waals surface area contributed by atoms with Crippen LogP contribution < -0.4 is 10.5 Å². The summed E-state index contributed by atoms with van der Waals surface area (Å²) >= 11 is 0.961. The SMILES string of the molecule is COc1ccc(C(O)C(O)CSC(C)=O)c(N)c1. The number of anilines is 1. The maximum atomic E-state index is 10.8. The van der Waals surface area contributed by atoms with Crippen molar-refractivity contribution in [1.82, 2.24) is 0 Å². The molecule has 100 valence electrons. The topological polar surface area (TPSA) is 92.8 Å². The largest absolute Gasteiger partial charge is 0.497 e. The van der Waals surface area contributed by atoms with Crippen LogP contribution in [0.3, 0.4) is 0 Å². The highest BCUT2D eigenvalue weighted by atomic mass is 32.2. The Labute approximate surface area is 110 Å². The van der Waals surface area contributed by atoms with E-state index >= 15 is 0 Å². The van der Waals surface area contributed by atoms with Gasteiger partial charge in [0.1, 0.15) is 11.9 Å². The third-order valence-corrected chi connectivity index (χ3v) is 3.35. The van der Waals surface area contributed by atoms with E-state index in [1.54, 1.807) is 18.2 Å². The van der Waals surface area contributed by atoms with Gasteiger partial charge in [-0.2, -0.15) is 0 Å². The van der Waals surface area contributed by atoms with Gasteiger partial charge in [0.05, 0.1) is 13.2 Å². The van der Waals surface area contributed by atoms with Gasteiger partial charge in [-0.05, 0) is 6.07 Å². The lowest BCUT2D eigenvalue weighted by Crippen LogP contribution is -2.22. The van der Waals surface area contributed by atoms with Crippen molar-refractivity contribution in [3.63, 3.8) is 0 Å². The lowest BCUT2D eigenvalue weighted by atomic mass is 10.0. The summed E-state index contributed by atoms with van der Waals surface area (Å²) in [5.74, 6) is 0.707. The summed E-state index contributed by atoms with van der Waals surface area (Å²) in [6.45, 7) is 1.41. The van der Waals surface area contributed by atoms with Crippen molar-refractivity contribution in [2.75, 3.05) is 18.6 Å². The fourth-order valence-electron chi connectivity index (χ4n) is 1.45. The first kappa shape index (κ1) is 14.8. The number of carbonyl (C=O) groups is 1. The number of hydrogen-bond donors (Lipinski definition) is 3. The van der Waals surface area contributed by atoms with Gasteiger partial charge in [-0.1, -0.05) is 17.8 Å². The van der Waals surface area contributed by atoms with E-state index in [2.05, 4.69) is 0 Å². The molecule has 4 N–H and O–H groups in total. The molecule has 0 amide bonds. The van der Waals surface area contributed by atoms with E-state index in [4.69, 9.17) is 10.5 Å². The van der Waals surface area contributed by atoms with Gasteiger partial charge >= 0.3 is 0 Å². The second-order valence-corrected chi connectivity index (χ2v) is 5.01. The number of rotatable bonds is 5. The van der Waals surface area contributed by atoms with E-state index in [0.29, 0.717) is 17.0 Å². The number of aliphatic hydroxyl groups is 2. The number of hydrogen-bond acceptors (Lipinski definition) is 6. The molecule has 0 saturated heterocycles. The van der Waals surface area contributed by atoms with Crippen LogP contribution in [-0.2, 0) is 4.79 Å². The van der Waals surface area contributed by atoms with Gasteiger partial charge in [-0.3, -0.25) is 4.79 Å². The maximum Gasteiger partial charge on any atom is 0.185 e. The molecule has 0 heterocycles. The number of carbonyl (C=O) groups excluding carboxylic acids is 1. The molecule has 5 nitrogen and oxygen atoms in total. The van der Waals surface area contributed by atoms with Gasteiger partial charge in [0, 0.05) is 30.0 Å². The molecule has 0 fully saturated rings. The number of nitrogen functional groups attached to an aromatic ring is 1. The summed E-state index contributed by atoms with van der Waals surface area (Å²) in [6.07, 6.45) is -2.17. The summed E-state index contributed by atoms with van der Waals surface area (Å²) < 4.78 is 5.00. The lowest BCUT2D eigenvalue weighted by molar-refractivity contribution is -0.109. The first-order valence-corrected chi connectivity index (χ1v) is 6.37. The average molecular weight is 271 g/mol. The molecule has 2 atom stereocenters. The standard InChI is InChI=1S/C12H17NO4S/c1-7(14)18-6-11(15)12(16)9-4-3-8(17-2)5-10(9)13/h3-5,11-12,15-16H,6,13H2,1-2H3. The lowest BCUT2D eigenvalue weighted by Gasteiger charge is -2.19. The molecule has 0 aliphatic carbocycles. The fraction of sp³-hybridized carbons (Fsp3) is 0.417. The number of nitrogens with two attached hydrogens (primary N) is 1. The van der Waals surface area contributed by atoms with Crippen LogP contribution in [0.1, 0.15) is 18.6 Å². The zero-order valence-electron chi connectivity index (χ0n) is 10.3. The Balaban J connectivity index is 2.76. The molecule has 0 radical (unpaired) electrons. The number of benzene rings is 1. The normalized spacial score (nSPS) is 14.0. The van der Waals surface area contributed by atoms with Crippen molar-refractivity contribution in [3.8, 4) is 5.75 Å². The molecule has 0 aliphatic rings. The van der Waals surface area contributed by atoms with Crippen LogP contribution in [0.25, 0.3) is 0 Å². The number of thioether (sulfide) groups is 1. The van der Waals surface area contributed by atoms with Crippen LogP contribution in [-0.4, -0.2) is 34.3 Å². The number of ether oxygens (including phenoxy) is 1. The predicted octanol–water partition coefficient (Wildman–Crippen LogP) is 0.951. The molecule has 1 aromatic rings. The van der Waals surface area contributed by atoms with E-state index in [0.717, 1.165) is 11.8 Å². The molecule has 0 aromatic heterocycles. The Morgan fingerprint density at radius 1 is 1.50 bits per heavy atom. The highest BCUT2D eigenvalue weighted by Gasteiger charge is 2.21. The third kappa shape index (κ3) is 3.90. The minimum absolute atomic E-state index is 0.107. The van der Waals surface area contributed by atoms with Crippen molar-refractivity contribution in [2.45, 2.75) is 19.1 Å². The summed E-state index contributed by atoms with van der Waals surface area (Å²) in [4.78, 5) is 10.8. The maximum absolute atomic E-state index is 10.8. The quantitative estimate of drug-likeness (QED) is 0.691. The van der Waals surface area contributed by atoms with Crippen LogP contribution in [0.4, 0.5) is 5.69 Å². The van der Waals surface area contributed by atoms with E-state index in [9.17, 15) is 15.0 Å². The zero-order valence-corrected chi connectivity index (χ0v) is 11.1. The van der Waals surface area contributed by atoms with Crippen LogP contribution in [0, 0.1) is 0 Å². The first-order chi connectivity index (χ1) is 8.45. The molecule has 0 saturated carbocycles. The minimum Gasteiger partial charge on any atom is -0.497 e. The molecule has 0 aliphatic heterocycles. The molecule has 6 heteroatoms. The van der Waals surface area contributed by atoms with Crippen LogP contribution in [0.5, 0.6) is 5.75 Å². The van der Waals surface area contributed by atoms with Crippen molar-refractivity contribution in [3.05, 3.63) is 23.8 Å². The molecule has 0 spiro atoms. The van der Waals surface area contributed by atoms with Crippen molar-refractivity contribution >= 4 is 22.6 Å². The minimum atomic E-state index is -1.12. The van der Waals surface area contributed by atoms with Crippen molar-refractivity contribution < 1.29 is 19.7 Å². The zero-order chi connectivity index (χ0) is 13.7. The first-order valence-electron chi connectivity index (χ1n) is 5.38. The Hall–Kier alpha value is -1.24. The Kier molecular flexibility index (Phi) is 5.46. The van der Waals surface area contributed by atoms with Gasteiger partial charge in [-0.15, -0.1) is 0 Å². The summed E-state index contributed by atoms with van der Waals surface area (Å²) in [5, 5.41) is 19.6. The van der Waals surface area contributed by atoms with Gasteiger partial charge in [-0.25, -0.2) is 0 Å². The summed E-state index contributed by atoms with van der Waals surface area (Å²) in [5.41, 5.74) is 6.53. The average Bonchev–Trinajstić information content (AvgIpc) is 2.34. The Morgan fingerprint density at radius 3 is 2.67 bits per heavy atom. The molecular weight excluding hydrogens is 254 g/mol. The van der Waals surface area contributed by atoms with E-state index < -0.39 is 12.2 Å². The van der Waals surface area contributed by atoms with Crippen LogP contribution in [0.15, 0.2) is 18.2 Å². The number of aliphatic hydroxyl groups excluding tert-OH is 2. The van der Waals surface area contributed by atoms with Gasteiger partial charge in [0.25, 0.3) is 0 Å². The molecule has 1 rings (SSSR count). The molecule has 2 unspecified atom stereocenters. The van der Waals surface area contributed by atoms with E-state index in [1.165, 1.54) is 14.0 Å². The van der Waals surface area contributed by atoms with Gasteiger partial charge in [0.15, 0.2) is 5.12 Å². The van der Waals surface area contributed by atoms with E-state index in [1.807, 2.05) is 0 Å². The summed E-state index contributed by atoms with van der Waals surface area (Å²) in [6, 6.07) is 4.82. The molecule has 18 heavy (non-hydrogen) atoms. The van der Waals surface area contributed by atoms with Crippen LogP contribution >= 0.6 is 11.8 Å². The Bertz CT molecular complexity index is 425. The highest BCUT2D eigenvalue weighted by molar-refractivity contribution is 8.13. The van der Waals surface area contributed by atoms with E-state index in [-0.39, 0.29) is 10.9 Å². The van der Waals surface area contributed by atoms with Crippen LogP contribution in [0.2, 0.25) is 0 Å². The fourth-order valence-corrected chi connectivity index (χ4v) is 2.04. The smallest absolute Gasteiger partial charge is 0.185 e. The highest BCUT2D eigenvalue weighted by Crippen LogP contribution is 2.28. The second-order valence-electron chi connectivity index (χ2n) is 3.81. The predicted molar refractivity (Wildman–Crippen MR) is 71.5 cm³/mol. The third-order valence-electron chi connectivity index (χ3n) is 2.43. The molecule has 0 bridgehead atoms. The number of methoxy groups -OCH3 is 1. The molecular formula is C12H17NO4S. The van der Waals surface area contributed by atoms with Gasteiger partial charge in [0.2, 0.25) is 0 Å².